The molecule has 4 nitrogen and oxygen atoms in total. The van der Waals surface area contributed by atoms with Crippen LogP contribution in [0.25, 0.3) is 10.9 Å². The molecule has 0 bridgehead atoms. The number of hydrogen-bond acceptors (Lipinski definition) is 2. The van der Waals surface area contributed by atoms with E-state index < -0.39 is 0 Å². The number of rotatable bonds is 5. The Kier molecular flexibility index (Phi) is 4.99. The van der Waals surface area contributed by atoms with Crippen molar-refractivity contribution < 1.29 is 4.79 Å². The molecule has 1 N–H and O–H groups in total. The molecule has 2 heterocycles. The lowest BCUT2D eigenvalue weighted by molar-refractivity contribution is -0.122. The van der Waals surface area contributed by atoms with Gasteiger partial charge in [-0.2, -0.15) is 0 Å². The fourth-order valence-electron chi connectivity index (χ4n) is 4.17. The van der Waals surface area contributed by atoms with Crippen LogP contribution in [0.15, 0.2) is 60.7 Å². The van der Waals surface area contributed by atoms with Gasteiger partial charge < -0.3 is 9.88 Å². The minimum Gasteiger partial charge on any atom is -0.350 e. The smallest absolute Gasteiger partial charge is 0.240 e. The van der Waals surface area contributed by atoms with E-state index in [0.29, 0.717) is 12.6 Å². The summed E-state index contributed by atoms with van der Waals surface area (Å²) in [5, 5.41) is 4.43. The number of aryl methyl sites for hydroxylation is 1. The first-order valence-electron chi connectivity index (χ1n) is 9.75. The number of benzene rings is 2. The molecule has 1 aliphatic heterocycles. The molecule has 1 aliphatic rings. The van der Waals surface area contributed by atoms with E-state index in [1.165, 1.54) is 10.9 Å². The van der Waals surface area contributed by atoms with Crippen LogP contribution in [0.4, 0.5) is 0 Å². The first kappa shape index (κ1) is 17.8. The molecule has 0 spiro atoms. The van der Waals surface area contributed by atoms with E-state index in [0.717, 1.165) is 30.7 Å². The summed E-state index contributed by atoms with van der Waals surface area (Å²) in [5.41, 5.74) is 3.58. The minimum atomic E-state index is 0.0960. The van der Waals surface area contributed by atoms with Crippen molar-refractivity contribution in [1.82, 2.24) is 14.8 Å². The number of carbonyl (C=O) groups excluding carboxylic acids is 1. The molecule has 1 aromatic heterocycles. The van der Waals surface area contributed by atoms with Crippen LogP contribution in [-0.2, 0) is 11.3 Å². The Morgan fingerprint density at radius 1 is 1.15 bits per heavy atom. The fourth-order valence-corrected chi connectivity index (χ4v) is 4.17. The SMILES string of the molecule is Cc1cc2ccccc2n1CC(=O)NC1CCN(C(C)c2ccccc2)C1. The monoisotopic (exact) mass is 361 g/mol. The van der Waals surface area contributed by atoms with E-state index >= 15 is 0 Å². The quantitative estimate of drug-likeness (QED) is 0.748. The lowest BCUT2D eigenvalue weighted by Crippen LogP contribution is -2.39. The second-order valence-electron chi connectivity index (χ2n) is 7.57. The van der Waals surface area contributed by atoms with Crippen LogP contribution in [0.2, 0.25) is 0 Å². The zero-order valence-corrected chi connectivity index (χ0v) is 16.1. The van der Waals surface area contributed by atoms with Gasteiger partial charge in [-0.05, 0) is 43.4 Å². The highest BCUT2D eigenvalue weighted by Gasteiger charge is 2.27. The third kappa shape index (κ3) is 3.76. The number of hydrogen-bond donors (Lipinski definition) is 1. The van der Waals surface area contributed by atoms with E-state index in [-0.39, 0.29) is 11.9 Å². The van der Waals surface area contributed by atoms with Gasteiger partial charge in [0, 0.05) is 36.4 Å². The normalized spacial score (nSPS) is 18.7. The summed E-state index contributed by atoms with van der Waals surface area (Å²) >= 11 is 0. The first-order chi connectivity index (χ1) is 13.1. The van der Waals surface area contributed by atoms with E-state index in [1.54, 1.807) is 0 Å². The molecule has 4 rings (SSSR count). The number of nitrogens with zero attached hydrogens (tertiary/aromatic N) is 2. The van der Waals surface area contributed by atoms with Crippen molar-refractivity contribution in [3.05, 3.63) is 71.9 Å². The molecule has 2 unspecified atom stereocenters. The molecule has 0 saturated carbocycles. The number of carbonyl (C=O) groups is 1. The number of likely N-dealkylation sites (tertiary alicyclic amines) is 1. The molecule has 3 aromatic rings. The Morgan fingerprint density at radius 3 is 2.70 bits per heavy atom. The van der Waals surface area contributed by atoms with Crippen LogP contribution in [0, 0.1) is 6.92 Å². The largest absolute Gasteiger partial charge is 0.350 e. The van der Waals surface area contributed by atoms with E-state index in [9.17, 15) is 4.79 Å². The van der Waals surface area contributed by atoms with Crippen LogP contribution < -0.4 is 5.32 Å². The maximum absolute atomic E-state index is 12.7. The highest BCUT2D eigenvalue weighted by atomic mass is 16.2. The summed E-state index contributed by atoms with van der Waals surface area (Å²) in [7, 11) is 0. The van der Waals surface area contributed by atoms with Crippen molar-refractivity contribution in [2.75, 3.05) is 13.1 Å². The Hall–Kier alpha value is -2.59. The van der Waals surface area contributed by atoms with Gasteiger partial charge in [0.25, 0.3) is 0 Å². The van der Waals surface area contributed by atoms with Crippen molar-refractivity contribution in [2.45, 2.75) is 38.9 Å². The molecule has 27 heavy (non-hydrogen) atoms. The Bertz CT molecular complexity index is 931. The summed E-state index contributed by atoms with van der Waals surface area (Å²) in [4.78, 5) is 15.1. The number of amides is 1. The van der Waals surface area contributed by atoms with Crippen LogP contribution in [-0.4, -0.2) is 34.5 Å². The van der Waals surface area contributed by atoms with Crippen molar-refractivity contribution in [3.63, 3.8) is 0 Å². The van der Waals surface area contributed by atoms with Gasteiger partial charge in [0.15, 0.2) is 0 Å². The average Bonchev–Trinajstić information content (AvgIpc) is 3.27. The second kappa shape index (κ2) is 7.57. The zero-order chi connectivity index (χ0) is 18.8. The molecular weight excluding hydrogens is 334 g/mol. The number of para-hydroxylation sites is 1. The molecule has 2 aromatic carbocycles. The van der Waals surface area contributed by atoms with Gasteiger partial charge in [0.2, 0.25) is 5.91 Å². The Morgan fingerprint density at radius 2 is 1.89 bits per heavy atom. The summed E-state index contributed by atoms with van der Waals surface area (Å²) in [6.07, 6.45) is 1.01. The van der Waals surface area contributed by atoms with Crippen molar-refractivity contribution >= 4 is 16.8 Å². The van der Waals surface area contributed by atoms with Gasteiger partial charge in [-0.15, -0.1) is 0 Å². The van der Waals surface area contributed by atoms with Crippen LogP contribution in [0.5, 0.6) is 0 Å². The lowest BCUT2D eigenvalue weighted by atomic mass is 10.1. The molecular formula is C23H27N3O. The van der Waals surface area contributed by atoms with Gasteiger partial charge in [0.1, 0.15) is 6.54 Å². The molecule has 1 saturated heterocycles. The second-order valence-corrected chi connectivity index (χ2v) is 7.57. The summed E-state index contributed by atoms with van der Waals surface area (Å²) in [6.45, 7) is 6.62. The topological polar surface area (TPSA) is 37.3 Å². The highest BCUT2D eigenvalue weighted by Crippen LogP contribution is 2.24. The Balaban J connectivity index is 1.37. The van der Waals surface area contributed by atoms with Gasteiger partial charge in [-0.3, -0.25) is 9.69 Å². The van der Waals surface area contributed by atoms with E-state index in [2.05, 4.69) is 77.2 Å². The highest BCUT2D eigenvalue weighted by molar-refractivity contribution is 5.84. The zero-order valence-electron chi connectivity index (χ0n) is 16.1. The van der Waals surface area contributed by atoms with Gasteiger partial charge in [-0.1, -0.05) is 48.5 Å². The summed E-state index contributed by atoms with van der Waals surface area (Å²) in [5.74, 6) is 0.0960. The summed E-state index contributed by atoms with van der Waals surface area (Å²) in [6, 6.07) is 21.6. The number of fused-ring (bicyclic) bond motifs is 1. The third-order valence-electron chi connectivity index (χ3n) is 5.73. The molecule has 1 amide bonds. The average molecular weight is 361 g/mol. The van der Waals surface area contributed by atoms with Crippen molar-refractivity contribution in [2.24, 2.45) is 0 Å². The first-order valence-corrected chi connectivity index (χ1v) is 9.75. The Labute approximate surface area is 160 Å². The van der Waals surface area contributed by atoms with Crippen LogP contribution in [0.1, 0.15) is 30.6 Å². The van der Waals surface area contributed by atoms with Crippen molar-refractivity contribution in [3.8, 4) is 0 Å². The fraction of sp³-hybridized carbons (Fsp3) is 0.348. The maximum atomic E-state index is 12.7. The van der Waals surface area contributed by atoms with Crippen LogP contribution in [0.3, 0.4) is 0 Å². The van der Waals surface area contributed by atoms with E-state index in [1.807, 2.05) is 12.1 Å². The molecule has 0 radical (unpaired) electrons. The molecule has 1 fully saturated rings. The predicted molar refractivity (Wildman–Crippen MR) is 110 cm³/mol. The summed E-state index contributed by atoms with van der Waals surface area (Å²) < 4.78 is 2.10. The molecule has 0 aliphatic carbocycles. The van der Waals surface area contributed by atoms with E-state index in [4.69, 9.17) is 0 Å². The van der Waals surface area contributed by atoms with Crippen molar-refractivity contribution in [1.29, 1.82) is 0 Å². The molecule has 4 heteroatoms. The third-order valence-corrected chi connectivity index (χ3v) is 5.73. The van der Waals surface area contributed by atoms with Crippen LogP contribution >= 0.6 is 0 Å². The maximum Gasteiger partial charge on any atom is 0.240 e. The van der Waals surface area contributed by atoms with Gasteiger partial charge >= 0.3 is 0 Å². The number of aromatic nitrogens is 1. The molecule has 2 atom stereocenters. The lowest BCUT2D eigenvalue weighted by Gasteiger charge is -2.25. The molecule has 140 valence electrons. The van der Waals surface area contributed by atoms with Gasteiger partial charge in [-0.25, -0.2) is 0 Å². The minimum absolute atomic E-state index is 0.0960. The number of nitrogens with one attached hydrogen (secondary N) is 1. The van der Waals surface area contributed by atoms with Gasteiger partial charge in [0.05, 0.1) is 0 Å². The standard InChI is InChI=1S/C23H27N3O/c1-17-14-20-10-6-7-11-22(20)26(17)16-23(27)24-21-12-13-25(15-21)18(2)19-8-4-3-5-9-19/h3-11,14,18,21H,12-13,15-16H2,1-2H3,(H,24,27). The predicted octanol–water partition coefficient (Wildman–Crippen LogP) is 3.90.